The van der Waals surface area contributed by atoms with Crippen LogP contribution in [0.3, 0.4) is 0 Å². The summed E-state index contributed by atoms with van der Waals surface area (Å²) in [6.45, 7) is -0.441. The first-order valence-corrected chi connectivity index (χ1v) is 4.14. The number of benzene rings is 1. The van der Waals surface area contributed by atoms with E-state index in [0.29, 0.717) is 11.3 Å². The van der Waals surface area contributed by atoms with Crippen molar-refractivity contribution in [2.45, 2.75) is 0 Å². The first-order valence-electron chi connectivity index (χ1n) is 4.14. The Labute approximate surface area is 82.1 Å². The SMILES string of the molecule is COCOc1ccccc1C(=O)CO. The monoisotopic (exact) mass is 196 g/mol. The molecule has 0 unspecified atom stereocenters. The van der Waals surface area contributed by atoms with Crippen molar-refractivity contribution in [1.82, 2.24) is 0 Å². The molecule has 14 heavy (non-hydrogen) atoms. The second-order valence-electron chi connectivity index (χ2n) is 2.63. The molecule has 0 aliphatic heterocycles. The van der Waals surface area contributed by atoms with Gasteiger partial charge < -0.3 is 14.6 Å². The van der Waals surface area contributed by atoms with Crippen LogP contribution < -0.4 is 4.74 Å². The lowest BCUT2D eigenvalue weighted by molar-refractivity contribution is 0.0499. The number of para-hydroxylation sites is 1. The highest BCUT2D eigenvalue weighted by Gasteiger charge is 2.10. The van der Waals surface area contributed by atoms with Crippen LogP contribution in [0.5, 0.6) is 5.75 Å². The van der Waals surface area contributed by atoms with E-state index in [2.05, 4.69) is 0 Å². The Morgan fingerprint density at radius 1 is 1.43 bits per heavy atom. The zero-order chi connectivity index (χ0) is 10.4. The molecule has 76 valence electrons. The minimum atomic E-state index is -0.520. The van der Waals surface area contributed by atoms with Gasteiger partial charge in [0, 0.05) is 7.11 Å². The highest BCUT2D eigenvalue weighted by Crippen LogP contribution is 2.18. The van der Waals surface area contributed by atoms with E-state index in [1.807, 2.05) is 0 Å². The van der Waals surface area contributed by atoms with Gasteiger partial charge in [-0.15, -0.1) is 0 Å². The molecular formula is C10H12O4. The minimum Gasteiger partial charge on any atom is -0.467 e. The number of hydrogen-bond donors (Lipinski definition) is 1. The third-order valence-electron chi connectivity index (χ3n) is 1.66. The maximum atomic E-state index is 11.2. The summed E-state index contributed by atoms with van der Waals surface area (Å²) in [5.41, 5.74) is 0.368. The number of carbonyl (C=O) groups is 1. The summed E-state index contributed by atoms with van der Waals surface area (Å²) in [5, 5.41) is 8.70. The smallest absolute Gasteiger partial charge is 0.191 e. The van der Waals surface area contributed by atoms with Crippen molar-refractivity contribution in [3.63, 3.8) is 0 Å². The van der Waals surface area contributed by atoms with Gasteiger partial charge in [0.1, 0.15) is 12.4 Å². The van der Waals surface area contributed by atoms with Crippen molar-refractivity contribution in [3.8, 4) is 5.75 Å². The topological polar surface area (TPSA) is 55.8 Å². The first kappa shape index (κ1) is 10.7. The largest absolute Gasteiger partial charge is 0.467 e. The molecule has 0 radical (unpaired) electrons. The predicted octanol–water partition coefficient (Wildman–Crippen LogP) is 0.844. The zero-order valence-electron chi connectivity index (χ0n) is 7.90. The molecule has 0 fully saturated rings. The summed E-state index contributed by atoms with van der Waals surface area (Å²) in [4.78, 5) is 11.2. The quantitative estimate of drug-likeness (QED) is 0.560. The predicted molar refractivity (Wildman–Crippen MR) is 50.4 cm³/mol. The summed E-state index contributed by atoms with van der Waals surface area (Å²) in [7, 11) is 1.50. The molecule has 1 N–H and O–H groups in total. The van der Waals surface area contributed by atoms with Gasteiger partial charge in [-0.25, -0.2) is 0 Å². The zero-order valence-corrected chi connectivity index (χ0v) is 7.90. The Bertz CT molecular complexity index is 309. The van der Waals surface area contributed by atoms with Crippen LogP contribution in [-0.2, 0) is 4.74 Å². The lowest BCUT2D eigenvalue weighted by Crippen LogP contribution is -2.08. The summed E-state index contributed by atoms with van der Waals surface area (Å²) in [6.07, 6.45) is 0. The number of aliphatic hydroxyl groups excluding tert-OH is 1. The van der Waals surface area contributed by atoms with Crippen molar-refractivity contribution in [2.75, 3.05) is 20.5 Å². The van der Waals surface area contributed by atoms with E-state index < -0.39 is 6.61 Å². The summed E-state index contributed by atoms with van der Waals surface area (Å²) in [6, 6.07) is 6.72. The van der Waals surface area contributed by atoms with E-state index in [4.69, 9.17) is 14.6 Å². The fourth-order valence-electron chi connectivity index (χ4n) is 1.03. The average molecular weight is 196 g/mol. The fraction of sp³-hybridized carbons (Fsp3) is 0.300. The van der Waals surface area contributed by atoms with Gasteiger partial charge in [-0.1, -0.05) is 12.1 Å². The van der Waals surface area contributed by atoms with E-state index in [1.54, 1.807) is 24.3 Å². The van der Waals surface area contributed by atoms with Gasteiger partial charge in [-0.2, -0.15) is 0 Å². The Hall–Kier alpha value is -1.39. The average Bonchev–Trinajstić information content (AvgIpc) is 2.25. The lowest BCUT2D eigenvalue weighted by Gasteiger charge is -2.08. The standard InChI is InChI=1S/C10H12O4/c1-13-7-14-10-5-3-2-4-8(10)9(12)6-11/h2-5,11H,6-7H2,1H3. The van der Waals surface area contributed by atoms with Gasteiger partial charge in [0.15, 0.2) is 12.6 Å². The van der Waals surface area contributed by atoms with E-state index in [0.717, 1.165) is 0 Å². The molecule has 4 heteroatoms. The molecule has 0 heterocycles. The number of ether oxygens (including phenoxy) is 2. The van der Waals surface area contributed by atoms with Crippen molar-refractivity contribution < 1.29 is 19.4 Å². The second kappa shape index (κ2) is 5.36. The van der Waals surface area contributed by atoms with Crippen molar-refractivity contribution in [2.24, 2.45) is 0 Å². The summed E-state index contributed by atoms with van der Waals surface area (Å²) < 4.78 is 9.87. The molecule has 0 aromatic heterocycles. The number of Topliss-reactive ketones (excluding diaryl/α,β-unsaturated/α-hetero) is 1. The number of rotatable bonds is 5. The van der Waals surface area contributed by atoms with Crippen LogP contribution in [0, 0.1) is 0 Å². The Kier molecular flexibility index (Phi) is 4.10. The van der Waals surface area contributed by atoms with E-state index in [-0.39, 0.29) is 12.6 Å². The number of hydrogen-bond acceptors (Lipinski definition) is 4. The molecule has 4 nitrogen and oxygen atoms in total. The molecule has 0 amide bonds. The Morgan fingerprint density at radius 3 is 2.79 bits per heavy atom. The maximum absolute atomic E-state index is 11.2. The van der Waals surface area contributed by atoms with Gasteiger partial charge in [-0.3, -0.25) is 4.79 Å². The molecular weight excluding hydrogens is 184 g/mol. The molecule has 0 saturated heterocycles. The third kappa shape index (κ3) is 2.55. The van der Waals surface area contributed by atoms with Crippen LogP contribution in [0.15, 0.2) is 24.3 Å². The number of methoxy groups -OCH3 is 1. The summed E-state index contributed by atoms with van der Waals surface area (Å²) in [5.74, 6) is 0.0603. The molecule has 1 aromatic rings. The molecule has 0 atom stereocenters. The van der Waals surface area contributed by atoms with Gasteiger partial charge in [0.05, 0.1) is 5.56 Å². The van der Waals surface area contributed by atoms with Gasteiger partial charge in [0.25, 0.3) is 0 Å². The van der Waals surface area contributed by atoms with Crippen LogP contribution in [-0.4, -0.2) is 31.4 Å². The second-order valence-corrected chi connectivity index (χ2v) is 2.63. The van der Waals surface area contributed by atoms with Gasteiger partial charge in [-0.05, 0) is 12.1 Å². The van der Waals surface area contributed by atoms with Gasteiger partial charge >= 0.3 is 0 Å². The van der Waals surface area contributed by atoms with Crippen LogP contribution in [0.1, 0.15) is 10.4 Å². The Morgan fingerprint density at radius 2 is 2.14 bits per heavy atom. The molecule has 0 bridgehead atoms. The molecule has 1 aromatic carbocycles. The van der Waals surface area contributed by atoms with Crippen molar-refractivity contribution >= 4 is 5.78 Å². The Balaban J connectivity index is 2.85. The number of aliphatic hydroxyl groups is 1. The van der Waals surface area contributed by atoms with Crippen LogP contribution in [0.2, 0.25) is 0 Å². The molecule has 0 aliphatic carbocycles. The van der Waals surface area contributed by atoms with Crippen LogP contribution >= 0.6 is 0 Å². The van der Waals surface area contributed by atoms with Crippen LogP contribution in [0.4, 0.5) is 0 Å². The molecule has 0 saturated carbocycles. The highest BCUT2D eigenvalue weighted by molar-refractivity contribution is 5.99. The molecule has 1 rings (SSSR count). The number of carbonyl (C=O) groups excluding carboxylic acids is 1. The minimum absolute atomic E-state index is 0.0791. The lowest BCUT2D eigenvalue weighted by atomic mass is 10.1. The normalized spacial score (nSPS) is 9.86. The first-order chi connectivity index (χ1) is 6.79. The fourth-order valence-corrected chi connectivity index (χ4v) is 1.03. The van der Waals surface area contributed by atoms with Crippen molar-refractivity contribution in [1.29, 1.82) is 0 Å². The van der Waals surface area contributed by atoms with Crippen LogP contribution in [0.25, 0.3) is 0 Å². The molecule has 0 aliphatic rings. The summed E-state index contributed by atoms with van der Waals surface area (Å²) >= 11 is 0. The molecule has 0 spiro atoms. The maximum Gasteiger partial charge on any atom is 0.191 e. The van der Waals surface area contributed by atoms with E-state index >= 15 is 0 Å². The van der Waals surface area contributed by atoms with E-state index in [1.165, 1.54) is 7.11 Å². The third-order valence-corrected chi connectivity index (χ3v) is 1.66. The highest BCUT2D eigenvalue weighted by atomic mass is 16.7. The van der Waals surface area contributed by atoms with Gasteiger partial charge in [0.2, 0.25) is 0 Å². The van der Waals surface area contributed by atoms with E-state index in [9.17, 15) is 4.79 Å². The number of ketones is 1. The van der Waals surface area contributed by atoms with Crippen molar-refractivity contribution in [3.05, 3.63) is 29.8 Å².